The molecule has 1 aliphatic carbocycles. The molecular formula is C21H30N4O4. The van der Waals surface area contributed by atoms with Crippen LogP contribution < -0.4 is 5.32 Å². The van der Waals surface area contributed by atoms with Gasteiger partial charge in [-0.2, -0.15) is 0 Å². The van der Waals surface area contributed by atoms with Crippen LogP contribution in [0.25, 0.3) is 0 Å². The highest BCUT2D eigenvalue weighted by Crippen LogP contribution is 2.30. The second-order valence-electron chi connectivity index (χ2n) is 7.98. The molecule has 0 spiro atoms. The third-order valence-electron chi connectivity index (χ3n) is 5.90. The molecule has 3 rings (SSSR count). The summed E-state index contributed by atoms with van der Waals surface area (Å²) < 4.78 is 0. The largest absolute Gasteiger partial charge is 0.480 e. The van der Waals surface area contributed by atoms with Crippen LogP contribution in [0.5, 0.6) is 0 Å². The summed E-state index contributed by atoms with van der Waals surface area (Å²) in [5.41, 5.74) is 0.975. The summed E-state index contributed by atoms with van der Waals surface area (Å²) in [5, 5.41) is 11.9. The van der Waals surface area contributed by atoms with Gasteiger partial charge in [0.25, 0.3) is 0 Å². The van der Waals surface area contributed by atoms with E-state index < -0.39 is 5.97 Å². The number of carbonyl (C=O) groups is 3. The first-order valence-corrected chi connectivity index (χ1v) is 10.4. The monoisotopic (exact) mass is 402 g/mol. The third-order valence-corrected chi connectivity index (χ3v) is 5.90. The summed E-state index contributed by atoms with van der Waals surface area (Å²) in [7, 11) is 0. The van der Waals surface area contributed by atoms with Crippen LogP contribution in [-0.2, 0) is 20.9 Å². The molecule has 1 aliphatic heterocycles. The minimum atomic E-state index is -0.829. The van der Waals surface area contributed by atoms with Crippen molar-refractivity contribution in [2.75, 3.05) is 32.7 Å². The van der Waals surface area contributed by atoms with Crippen LogP contribution >= 0.6 is 0 Å². The average molecular weight is 402 g/mol. The van der Waals surface area contributed by atoms with Gasteiger partial charge in [0.15, 0.2) is 0 Å². The molecule has 2 aliphatic rings. The first kappa shape index (κ1) is 21.2. The third kappa shape index (κ3) is 6.25. The number of nitrogens with one attached hydrogen (secondary N) is 1. The Morgan fingerprint density at radius 2 is 1.83 bits per heavy atom. The average Bonchev–Trinajstić information content (AvgIpc) is 2.97. The molecule has 1 saturated carbocycles. The van der Waals surface area contributed by atoms with Crippen molar-refractivity contribution >= 4 is 17.8 Å². The smallest absolute Gasteiger partial charge is 0.317 e. The van der Waals surface area contributed by atoms with Crippen molar-refractivity contribution in [2.45, 2.75) is 38.6 Å². The zero-order valence-corrected chi connectivity index (χ0v) is 16.8. The number of aliphatic carboxylic acids is 1. The minimum absolute atomic E-state index is 0.0246. The number of carboxylic acid groups (broad SMARTS) is 1. The lowest BCUT2D eigenvalue weighted by atomic mass is 9.81. The molecule has 0 unspecified atom stereocenters. The summed E-state index contributed by atoms with van der Waals surface area (Å²) in [6.45, 7) is 3.08. The number of hydrogen-bond donors (Lipinski definition) is 2. The summed E-state index contributed by atoms with van der Waals surface area (Å²) in [5.74, 6) is -0.672. The molecule has 1 aromatic rings. The lowest BCUT2D eigenvalue weighted by Gasteiger charge is -2.31. The van der Waals surface area contributed by atoms with E-state index in [-0.39, 0.29) is 30.2 Å². The molecule has 158 valence electrons. The number of rotatable bonds is 6. The molecule has 0 atom stereocenters. The summed E-state index contributed by atoms with van der Waals surface area (Å²) >= 11 is 0. The van der Waals surface area contributed by atoms with Crippen molar-refractivity contribution in [3.63, 3.8) is 0 Å². The molecule has 1 saturated heterocycles. The van der Waals surface area contributed by atoms with E-state index in [9.17, 15) is 14.4 Å². The van der Waals surface area contributed by atoms with Gasteiger partial charge in [0, 0.05) is 57.0 Å². The highest BCUT2D eigenvalue weighted by atomic mass is 16.4. The molecule has 8 heteroatoms. The lowest BCUT2D eigenvalue weighted by molar-refractivity contribution is -0.138. The van der Waals surface area contributed by atoms with Crippen LogP contribution in [0, 0.1) is 11.8 Å². The first-order valence-electron chi connectivity index (χ1n) is 10.4. The molecule has 2 N–H and O–H groups in total. The van der Waals surface area contributed by atoms with Gasteiger partial charge in [0.1, 0.15) is 0 Å². The zero-order valence-electron chi connectivity index (χ0n) is 16.8. The normalized spacial score (nSPS) is 23.2. The van der Waals surface area contributed by atoms with E-state index in [1.54, 1.807) is 12.4 Å². The van der Waals surface area contributed by atoms with Gasteiger partial charge in [-0.25, -0.2) is 0 Å². The van der Waals surface area contributed by atoms with Crippen LogP contribution in [0.15, 0.2) is 24.5 Å². The molecule has 0 aromatic carbocycles. The Morgan fingerprint density at radius 1 is 1.07 bits per heavy atom. The van der Waals surface area contributed by atoms with Crippen molar-refractivity contribution in [1.82, 2.24) is 20.1 Å². The van der Waals surface area contributed by atoms with Crippen LogP contribution in [0.2, 0.25) is 0 Å². The van der Waals surface area contributed by atoms with E-state index in [0.29, 0.717) is 32.7 Å². The molecule has 0 radical (unpaired) electrons. The van der Waals surface area contributed by atoms with Gasteiger partial charge in [0.2, 0.25) is 11.8 Å². The van der Waals surface area contributed by atoms with Gasteiger partial charge in [-0.15, -0.1) is 0 Å². The van der Waals surface area contributed by atoms with Crippen molar-refractivity contribution < 1.29 is 19.5 Å². The quantitative estimate of drug-likeness (QED) is 0.739. The maximum Gasteiger partial charge on any atom is 0.317 e. The van der Waals surface area contributed by atoms with E-state index in [4.69, 9.17) is 5.11 Å². The second-order valence-corrected chi connectivity index (χ2v) is 7.98. The Morgan fingerprint density at radius 3 is 2.52 bits per heavy atom. The highest BCUT2D eigenvalue weighted by molar-refractivity contribution is 5.81. The van der Waals surface area contributed by atoms with Gasteiger partial charge in [-0.1, -0.05) is 6.07 Å². The topological polar surface area (TPSA) is 103 Å². The van der Waals surface area contributed by atoms with Crippen LogP contribution in [0.1, 0.15) is 37.7 Å². The second kappa shape index (κ2) is 10.3. The molecule has 8 nitrogen and oxygen atoms in total. The number of nitrogens with zero attached hydrogens (tertiary/aromatic N) is 3. The van der Waals surface area contributed by atoms with E-state index in [2.05, 4.69) is 10.3 Å². The van der Waals surface area contributed by atoms with Crippen molar-refractivity contribution in [3.05, 3.63) is 30.1 Å². The number of carboxylic acids is 1. The summed E-state index contributed by atoms with van der Waals surface area (Å²) in [6.07, 6.45) is 7.18. The van der Waals surface area contributed by atoms with E-state index in [0.717, 1.165) is 37.7 Å². The summed E-state index contributed by atoms with van der Waals surface area (Å²) in [6, 6.07) is 3.78. The molecule has 2 amide bonds. The Kier molecular flexibility index (Phi) is 7.57. The van der Waals surface area contributed by atoms with Crippen molar-refractivity contribution in [1.29, 1.82) is 0 Å². The Labute approximate surface area is 171 Å². The molecular weight excluding hydrogens is 372 g/mol. The summed E-state index contributed by atoms with van der Waals surface area (Å²) in [4.78, 5) is 44.1. The molecule has 1 aromatic heterocycles. The standard InChI is InChI=1S/C21H30N4O4/c26-19(27)15-24-9-2-10-25(12-11-24)21(29)18-6-4-17(5-7-18)20(28)23-14-16-3-1-8-22-13-16/h1,3,8,13,17-18H,2,4-7,9-12,14-15H2,(H,23,28)(H,26,27). The Hall–Kier alpha value is -2.48. The van der Waals surface area contributed by atoms with Gasteiger partial charge in [-0.3, -0.25) is 24.3 Å². The Balaban J connectivity index is 1.42. The first-order chi connectivity index (χ1) is 14.0. The number of hydrogen-bond acceptors (Lipinski definition) is 5. The van der Waals surface area contributed by atoms with Crippen molar-refractivity contribution in [3.8, 4) is 0 Å². The van der Waals surface area contributed by atoms with Gasteiger partial charge < -0.3 is 15.3 Å². The van der Waals surface area contributed by atoms with Gasteiger partial charge in [-0.05, 0) is 43.7 Å². The molecule has 29 heavy (non-hydrogen) atoms. The number of carbonyl (C=O) groups excluding carboxylic acids is 2. The number of aromatic nitrogens is 1. The van der Waals surface area contributed by atoms with E-state index in [1.807, 2.05) is 21.9 Å². The van der Waals surface area contributed by atoms with Crippen LogP contribution in [0.4, 0.5) is 0 Å². The SMILES string of the molecule is O=C(O)CN1CCCN(C(=O)C2CCC(C(=O)NCc3cccnc3)CC2)CC1. The lowest BCUT2D eigenvalue weighted by Crippen LogP contribution is -2.41. The Bertz CT molecular complexity index is 704. The predicted molar refractivity (Wildman–Crippen MR) is 107 cm³/mol. The maximum atomic E-state index is 12.9. The van der Waals surface area contributed by atoms with Crippen LogP contribution in [-0.4, -0.2) is 70.4 Å². The number of pyridine rings is 1. The van der Waals surface area contributed by atoms with Gasteiger partial charge >= 0.3 is 5.97 Å². The predicted octanol–water partition coefficient (Wildman–Crippen LogP) is 1.12. The maximum absolute atomic E-state index is 12.9. The van der Waals surface area contributed by atoms with Crippen molar-refractivity contribution in [2.24, 2.45) is 11.8 Å². The molecule has 2 fully saturated rings. The van der Waals surface area contributed by atoms with E-state index >= 15 is 0 Å². The highest BCUT2D eigenvalue weighted by Gasteiger charge is 2.32. The molecule has 0 bridgehead atoms. The van der Waals surface area contributed by atoms with E-state index in [1.165, 1.54) is 0 Å². The number of amides is 2. The fraction of sp³-hybridized carbons (Fsp3) is 0.619. The zero-order chi connectivity index (χ0) is 20.6. The fourth-order valence-electron chi connectivity index (χ4n) is 4.24. The van der Waals surface area contributed by atoms with Crippen LogP contribution in [0.3, 0.4) is 0 Å². The molecule has 2 heterocycles. The minimum Gasteiger partial charge on any atom is -0.480 e. The fourth-order valence-corrected chi connectivity index (χ4v) is 4.24. The van der Waals surface area contributed by atoms with Gasteiger partial charge in [0.05, 0.1) is 6.54 Å².